The number of halogens is 3. The number of carbonyl (C=O) groups excluding carboxylic acids is 1. The van der Waals surface area contributed by atoms with Gasteiger partial charge in [0.1, 0.15) is 17.1 Å². The molecule has 0 unspecified atom stereocenters. The van der Waals surface area contributed by atoms with Crippen LogP contribution in [-0.4, -0.2) is 11.6 Å². The van der Waals surface area contributed by atoms with E-state index in [-0.39, 0.29) is 11.3 Å². The van der Waals surface area contributed by atoms with Crippen molar-refractivity contribution in [1.29, 1.82) is 0 Å². The first-order chi connectivity index (χ1) is 14.3. The molecule has 0 saturated heterocycles. The van der Waals surface area contributed by atoms with Gasteiger partial charge in [-0.15, -0.1) is 0 Å². The first-order valence-electron chi connectivity index (χ1n) is 10.5. The minimum absolute atomic E-state index is 0.0268. The molecule has 0 amide bonds. The minimum Gasteiger partial charge on any atom is -0.487 e. The summed E-state index contributed by atoms with van der Waals surface area (Å²) in [7, 11) is 0. The number of esters is 1. The molecule has 162 valence electrons. The van der Waals surface area contributed by atoms with Gasteiger partial charge in [-0.3, -0.25) is 0 Å². The van der Waals surface area contributed by atoms with E-state index in [1.54, 1.807) is 30.3 Å². The molecule has 1 aliphatic carbocycles. The van der Waals surface area contributed by atoms with Crippen molar-refractivity contribution >= 4 is 5.97 Å². The summed E-state index contributed by atoms with van der Waals surface area (Å²) in [6.07, 6.45) is 2.56. The van der Waals surface area contributed by atoms with E-state index in [1.807, 2.05) is 6.92 Å². The van der Waals surface area contributed by atoms with Crippen LogP contribution in [0.3, 0.4) is 0 Å². The maximum Gasteiger partial charge on any atom is 0.419 e. The van der Waals surface area contributed by atoms with Crippen molar-refractivity contribution in [2.75, 3.05) is 0 Å². The molecular weight excluding hydrogens is 393 g/mol. The predicted molar refractivity (Wildman–Crippen MR) is 109 cm³/mol. The number of benzene rings is 2. The molecule has 0 spiro atoms. The molecule has 1 aliphatic rings. The average Bonchev–Trinajstić information content (AvgIpc) is 2.70. The standard InChI is InChI=1S/C24H27F3O3/c1-2-23(15-9-4-3-5-10-16-23)30-21-17-18(13-14-20(21)24(25,26)27)22(28)29-19-11-7-6-8-12-19/h6-8,11-14,17H,2-5,9-10,15-16H2,1H3. The summed E-state index contributed by atoms with van der Waals surface area (Å²) in [5.41, 5.74) is -1.49. The van der Waals surface area contributed by atoms with Crippen LogP contribution in [0.4, 0.5) is 13.2 Å². The van der Waals surface area contributed by atoms with Crippen LogP contribution >= 0.6 is 0 Å². The fourth-order valence-electron chi connectivity index (χ4n) is 3.93. The van der Waals surface area contributed by atoms with Crippen LogP contribution in [0.2, 0.25) is 0 Å². The third-order valence-corrected chi connectivity index (χ3v) is 5.71. The Labute approximate surface area is 175 Å². The van der Waals surface area contributed by atoms with Gasteiger partial charge in [-0.1, -0.05) is 44.4 Å². The van der Waals surface area contributed by atoms with Crippen molar-refractivity contribution in [2.24, 2.45) is 0 Å². The van der Waals surface area contributed by atoms with Gasteiger partial charge in [-0.2, -0.15) is 13.2 Å². The van der Waals surface area contributed by atoms with Crippen molar-refractivity contribution in [3.05, 3.63) is 59.7 Å². The first kappa shape index (κ1) is 22.2. The lowest BCUT2D eigenvalue weighted by Crippen LogP contribution is -2.36. The van der Waals surface area contributed by atoms with Crippen LogP contribution in [0, 0.1) is 0 Å². The molecular formula is C24H27F3O3. The smallest absolute Gasteiger partial charge is 0.419 e. The summed E-state index contributed by atoms with van der Waals surface area (Å²) < 4.78 is 52.4. The molecule has 3 nitrogen and oxygen atoms in total. The van der Waals surface area contributed by atoms with Gasteiger partial charge in [0.2, 0.25) is 0 Å². The molecule has 0 heterocycles. The monoisotopic (exact) mass is 420 g/mol. The lowest BCUT2D eigenvalue weighted by molar-refractivity contribution is -0.140. The second-order valence-electron chi connectivity index (χ2n) is 7.82. The van der Waals surface area contributed by atoms with Gasteiger partial charge in [0, 0.05) is 0 Å². The number of ether oxygens (including phenoxy) is 2. The van der Waals surface area contributed by atoms with Gasteiger partial charge in [0.15, 0.2) is 0 Å². The molecule has 1 saturated carbocycles. The van der Waals surface area contributed by atoms with Crippen LogP contribution in [0.1, 0.15) is 74.2 Å². The van der Waals surface area contributed by atoms with Gasteiger partial charge in [0.05, 0.1) is 11.1 Å². The third kappa shape index (κ3) is 5.55. The Bertz CT molecular complexity index is 839. The van der Waals surface area contributed by atoms with Crippen molar-refractivity contribution < 1.29 is 27.4 Å². The topological polar surface area (TPSA) is 35.5 Å². The number of hydrogen-bond donors (Lipinski definition) is 0. The number of rotatable bonds is 5. The maximum absolute atomic E-state index is 13.7. The SMILES string of the molecule is CCC1(Oc2cc(C(=O)Oc3ccccc3)ccc2C(F)(F)F)CCCCCCC1. The number of carbonyl (C=O) groups is 1. The van der Waals surface area contributed by atoms with E-state index in [1.165, 1.54) is 6.07 Å². The predicted octanol–water partition coefficient (Wildman–Crippen LogP) is 7.20. The van der Waals surface area contributed by atoms with Crippen molar-refractivity contribution in [3.8, 4) is 11.5 Å². The summed E-state index contributed by atoms with van der Waals surface area (Å²) >= 11 is 0. The van der Waals surface area contributed by atoms with E-state index in [4.69, 9.17) is 9.47 Å². The summed E-state index contributed by atoms with van der Waals surface area (Å²) in [6, 6.07) is 11.6. The highest BCUT2D eigenvalue weighted by atomic mass is 19.4. The molecule has 0 atom stereocenters. The van der Waals surface area contributed by atoms with Gasteiger partial charge in [0.25, 0.3) is 0 Å². The number of alkyl halides is 3. The Morgan fingerprint density at radius 1 is 0.967 bits per heavy atom. The summed E-state index contributed by atoms with van der Waals surface area (Å²) in [5, 5.41) is 0. The zero-order chi connectivity index (χ0) is 21.6. The minimum atomic E-state index is -4.58. The molecule has 0 aliphatic heterocycles. The Balaban J connectivity index is 1.91. The highest BCUT2D eigenvalue weighted by Crippen LogP contribution is 2.41. The summed E-state index contributed by atoms with van der Waals surface area (Å²) in [4.78, 5) is 12.5. The van der Waals surface area contributed by atoms with Crippen molar-refractivity contribution in [1.82, 2.24) is 0 Å². The van der Waals surface area contributed by atoms with E-state index < -0.39 is 23.3 Å². The van der Waals surface area contributed by atoms with Crippen LogP contribution in [0.25, 0.3) is 0 Å². The molecule has 6 heteroatoms. The fraction of sp³-hybridized carbons (Fsp3) is 0.458. The molecule has 1 fully saturated rings. The molecule has 3 rings (SSSR count). The van der Waals surface area contributed by atoms with Gasteiger partial charge in [-0.05, 0) is 62.4 Å². The van der Waals surface area contributed by atoms with Gasteiger partial charge < -0.3 is 9.47 Å². The molecule has 0 aromatic heterocycles. The van der Waals surface area contributed by atoms with Crippen LogP contribution in [-0.2, 0) is 6.18 Å². The molecule has 30 heavy (non-hydrogen) atoms. The fourth-order valence-corrected chi connectivity index (χ4v) is 3.93. The highest BCUT2D eigenvalue weighted by Gasteiger charge is 2.38. The second kappa shape index (κ2) is 9.54. The van der Waals surface area contributed by atoms with Crippen molar-refractivity contribution in [2.45, 2.75) is 70.1 Å². The Hall–Kier alpha value is -2.50. The second-order valence-corrected chi connectivity index (χ2v) is 7.82. The Kier molecular flexibility index (Phi) is 7.06. The Morgan fingerprint density at radius 2 is 1.60 bits per heavy atom. The molecule has 2 aromatic carbocycles. The maximum atomic E-state index is 13.7. The van der Waals surface area contributed by atoms with Crippen LogP contribution in [0.5, 0.6) is 11.5 Å². The van der Waals surface area contributed by atoms with Crippen LogP contribution in [0.15, 0.2) is 48.5 Å². The molecule has 2 aromatic rings. The Morgan fingerprint density at radius 3 is 2.20 bits per heavy atom. The molecule has 0 radical (unpaired) electrons. The van der Waals surface area contributed by atoms with Gasteiger partial charge >= 0.3 is 12.1 Å². The lowest BCUT2D eigenvalue weighted by Gasteiger charge is -2.36. The van der Waals surface area contributed by atoms with Crippen molar-refractivity contribution in [3.63, 3.8) is 0 Å². The first-order valence-corrected chi connectivity index (χ1v) is 10.5. The normalized spacial score (nSPS) is 16.9. The lowest BCUT2D eigenvalue weighted by atomic mass is 9.84. The largest absolute Gasteiger partial charge is 0.487 e. The molecule has 0 bridgehead atoms. The van der Waals surface area contributed by atoms with E-state index >= 15 is 0 Å². The average molecular weight is 420 g/mol. The zero-order valence-corrected chi connectivity index (χ0v) is 17.1. The zero-order valence-electron chi connectivity index (χ0n) is 17.1. The van der Waals surface area contributed by atoms with E-state index in [0.717, 1.165) is 44.2 Å². The van der Waals surface area contributed by atoms with Crippen LogP contribution < -0.4 is 9.47 Å². The number of hydrogen-bond acceptors (Lipinski definition) is 3. The van der Waals surface area contributed by atoms with E-state index in [9.17, 15) is 18.0 Å². The summed E-state index contributed by atoms with van der Waals surface area (Å²) in [5.74, 6) is -0.690. The third-order valence-electron chi connectivity index (χ3n) is 5.71. The van der Waals surface area contributed by atoms with E-state index in [2.05, 4.69) is 0 Å². The number of para-hydroxylation sites is 1. The molecule has 0 N–H and O–H groups in total. The quantitative estimate of drug-likeness (QED) is 0.379. The van der Waals surface area contributed by atoms with Gasteiger partial charge in [-0.25, -0.2) is 4.79 Å². The van der Waals surface area contributed by atoms with E-state index in [0.29, 0.717) is 25.0 Å². The highest BCUT2D eigenvalue weighted by molar-refractivity contribution is 5.91. The summed E-state index contributed by atoms with van der Waals surface area (Å²) in [6.45, 7) is 1.95.